The molecule has 0 radical (unpaired) electrons. The molecular weight excluding hydrogens is 212 g/mol. The van der Waals surface area contributed by atoms with Gasteiger partial charge in [0.05, 0.1) is 11.6 Å². The van der Waals surface area contributed by atoms with Crippen LogP contribution in [0.5, 0.6) is 0 Å². The van der Waals surface area contributed by atoms with Crippen LogP contribution in [0.25, 0.3) is 0 Å². The number of aromatic nitrogens is 1. The number of aliphatic hydroxyl groups is 2. The molecule has 1 aromatic rings. The smallest absolute Gasteiger partial charge is 0.273 e. The van der Waals surface area contributed by atoms with Crippen molar-refractivity contribution in [3.8, 4) is 0 Å². The van der Waals surface area contributed by atoms with Gasteiger partial charge in [0.25, 0.3) is 5.91 Å². The minimum absolute atomic E-state index is 0.0835. The van der Waals surface area contributed by atoms with Crippen LogP contribution >= 0.6 is 0 Å². The van der Waals surface area contributed by atoms with Crippen molar-refractivity contribution in [1.82, 2.24) is 10.5 Å². The van der Waals surface area contributed by atoms with E-state index in [0.29, 0.717) is 0 Å². The van der Waals surface area contributed by atoms with Crippen LogP contribution in [0.2, 0.25) is 0 Å². The number of rotatable bonds is 4. The van der Waals surface area contributed by atoms with Crippen molar-refractivity contribution < 1.29 is 19.5 Å². The summed E-state index contributed by atoms with van der Waals surface area (Å²) in [4.78, 5) is 11.6. The van der Waals surface area contributed by atoms with E-state index in [1.165, 1.54) is 6.07 Å². The summed E-state index contributed by atoms with van der Waals surface area (Å²) in [7, 11) is 0. The summed E-state index contributed by atoms with van der Waals surface area (Å²) in [6.45, 7) is 4.58. The van der Waals surface area contributed by atoms with E-state index < -0.39 is 17.6 Å². The molecule has 16 heavy (non-hydrogen) atoms. The third kappa shape index (κ3) is 3.04. The molecule has 0 aromatic carbocycles. The van der Waals surface area contributed by atoms with Gasteiger partial charge in [0.2, 0.25) is 0 Å². The minimum Gasteiger partial charge on any atom is -0.388 e. The van der Waals surface area contributed by atoms with E-state index in [-0.39, 0.29) is 18.1 Å². The van der Waals surface area contributed by atoms with Crippen LogP contribution in [0, 0.1) is 0 Å². The second-order valence-corrected chi connectivity index (χ2v) is 4.19. The van der Waals surface area contributed by atoms with Crippen LogP contribution in [0.15, 0.2) is 10.6 Å². The number of carbonyl (C=O) groups is 1. The summed E-state index contributed by atoms with van der Waals surface area (Å²) in [6.07, 6.45) is 0. The number of hydrogen-bond acceptors (Lipinski definition) is 5. The molecule has 1 rings (SSSR count). The van der Waals surface area contributed by atoms with Crippen molar-refractivity contribution in [2.24, 2.45) is 0 Å². The molecule has 0 saturated heterocycles. The maximum Gasteiger partial charge on any atom is 0.273 e. The zero-order valence-electron chi connectivity index (χ0n) is 9.52. The van der Waals surface area contributed by atoms with Crippen LogP contribution in [-0.2, 0) is 6.61 Å². The quantitative estimate of drug-likeness (QED) is 0.677. The molecule has 0 bridgehead atoms. The van der Waals surface area contributed by atoms with Crippen LogP contribution in [0.3, 0.4) is 0 Å². The average molecular weight is 228 g/mol. The molecular formula is C10H16N2O4. The van der Waals surface area contributed by atoms with Crippen LogP contribution in [0.4, 0.5) is 0 Å². The maximum atomic E-state index is 11.6. The van der Waals surface area contributed by atoms with E-state index in [0.717, 1.165) is 0 Å². The van der Waals surface area contributed by atoms with Crippen molar-refractivity contribution in [3.63, 3.8) is 0 Å². The predicted octanol–water partition coefficient (Wildman–Crippen LogP) is 0.0561. The molecule has 1 unspecified atom stereocenters. The molecule has 1 amide bonds. The van der Waals surface area contributed by atoms with Gasteiger partial charge in [-0.1, -0.05) is 5.16 Å². The summed E-state index contributed by atoms with van der Waals surface area (Å²) < 4.78 is 4.68. The molecule has 0 aliphatic heterocycles. The van der Waals surface area contributed by atoms with E-state index in [9.17, 15) is 9.90 Å². The van der Waals surface area contributed by atoms with E-state index in [1.807, 2.05) is 0 Å². The fourth-order valence-electron chi connectivity index (χ4n) is 0.942. The number of hydrogen-bond donors (Lipinski definition) is 3. The second kappa shape index (κ2) is 4.63. The summed E-state index contributed by atoms with van der Waals surface area (Å²) in [5.74, 6) is -0.223. The van der Waals surface area contributed by atoms with Crippen LogP contribution in [0.1, 0.15) is 37.0 Å². The van der Waals surface area contributed by atoms with Gasteiger partial charge < -0.3 is 20.1 Å². The van der Waals surface area contributed by atoms with Crippen molar-refractivity contribution in [2.75, 3.05) is 0 Å². The lowest BCUT2D eigenvalue weighted by molar-refractivity contribution is 0.0406. The Morgan fingerprint density at radius 3 is 2.75 bits per heavy atom. The highest BCUT2D eigenvalue weighted by Gasteiger charge is 2.25. The van der Waals surface area contributed by atoms with Gasteiger partial charge in [-0.25, -0.2) is 0 Å². The molecule has 90 valence electrons. The van der Waals surface area contributed by atoms with Gasteiger partial charge in [0, 0.05) is 6.07 Å². The van der Waals surface area contributed by atoms with Gasteiger partial charge >= 0.3 is 0 Å². The van der Waals surface area contributed by atoms with Gasteiger partial charge in [-0.15, -0.1) is 0 Å². The van der Waals surface area contributed by atoms with Gasteiger partial charge in [0.1, 0.15) is 6.61 Å². The largest absolute Gasteiger partial charge is 0.388 e. The Morgan fingerprint density at radius 2 is 2.31 bits per heavy atom. The Hall–Kier alpha value is -1.40. The van der Waals surface area contributed by atoms with E-state index in [2.05, 4.69) is 15.0 Å². The molecule has 1 atom stereocenters. The Labute approximate surface area is 93.3 Å². The molecule has 0 aliphatic carbocycles. The zero-order chi connectivity index (χ0) is 12.3. The molecule has 6 heteroatoms. The van der Waals surface area contributed by atoms with E-state index in [1.54, 1.807) is 20.8 Å². The lowest BCUT2D eigenvalue weighted by atomic mass is 10.0. The minimum atomic E-state index is -1.01. The molecule has 1 heterocycles. The van der Waals surface area contributed by atoms with E-state index in [4.69, 9.17) is 5.11 Å². The molecule has 0 saturated carbocycles. The predicted molar refractivity (Wildman–Crippen MR) is 55.7 cm³/mol. The normalized spacial score (nSPS) is 13.6. The summed E-state index contributed by atoms with van der Waals surface area (Å²) in [5, 5.41) is 24.4. The standard InChI is InChI=1S/C10H16N2O4/c1-6(10(2,3)15)11-9(14)8-4-7(5-13)16-12-8/h4,6,13,15H,5H2,1-3H3,(H,11,14). The fourth-order valence-corrected chi connectivity index (χ4v) is 0.942. The van der Waals surface area contributed by atoms with Crippen molar-refractivity contribution in [1.29, 1.82) is 0 Å². The Morgan fingerprint density at radius 1 is 1.69 bits per heavy atom. The maximum absolute atomic E-state index is 11.6. The van der Waals surface area contributed by atoms with Gasteiger partial charge in [0.15, 0.2) is 11.5 Å². The fraction of sp³-hybridized carbons (Fsp3) is 0.600. The molecule has 0 spiro atoms. The van der Waals surface area contributed by atoms with Crippen LogP contribution in [-0.4, -0.2) is 32.9 Å². The Kier molecular flexibility index (Phi) is 3.66. The first-order chi connectivity index (χ1) is 7.34. The highest BCUT2D eigenvalue weighted by Crippen LogP contribution is 2.09. The molecule has 0 aliphatic rings. The Bertz CT molecular complexity index is 367. The highest BCUT2D eigenvalue weighted by atomic mass is 16.5. The number of carbonyl (C=O) groups excluding carboxylic acids is 1. The SMILES string of the molecule is CC(NC(=O)c1cc(CO)on1)C(C)(C)O. The molecule has 3 N–H and O–H groups in total. The summed E-state index contributed by atoms with van der Waals surface area (Å²) >= 11 is 0. The zero-order valence-corrected chi connectivity index (χ0v) is 9.52. The van der Waals surface area contributed by atoms with E-state index >= 15 is 0 Å². The van der Waals surface area contributed by atoms with Crippen molar-refractivity contribution in [2.45, 2.75) is 39.0 Å². The van der Waals surface area contributed by atoms with Crippen molar-refractivity contribution >= 4 is 5.91 Å². The number of amides is 1. The average Bonchev–Trinajstić information content (AvgIpc) is 2.64. The molecule has 1 aromatic heterocycles. The third-order valence-corrected chi connectivity index (χ3v) is 2.35. The molecule has 0 fully saturated rings. The van der Waals surface area contributed by atoms with Crippen LogP contribution < -0.4 is 5.32 Å². The summed E-state index contributed by atoms with van der Waals surface area (Å²) in [6, 6.07) is 0.932. The first kappa shape index (κ1) is 12.7. The molecule has 6 nitrogen and oxygen atoms in total. The second-order valence-electron chi connectivity index (χ2n) is 4.19. The highest BCUT2D eigenvalue weighted by molar-refractivity contribution is 5.92. The first-order valence-electron chi connectivity index (χ1n) is 4.94. The van der Waals surface area contributed by atoms with Crippen molar-refractivity contribution in [3.05, 3.63) is 17.5 Å². The van der Waals surface area contributed by atoms with Gasteiger partial charge in [-0.05, 0) is 20.8 Å². The monoisotopic (exact) mass is 228 g/mol. The summed E-state index contributed by atoms with van der Waals surface area (Å²) in [5.41, 5.74) is -0.931. The number of aliphatic hydroxyl groups excluding tert-OH is 1. The number of nitrogens with one attached hydrogen (secondary N) is 1. The Balaban J connectivity index is 2.66. The lowest BCUT2D eigenvalue weighted by Crippen LogP contribution is -2.47. The van der Waals surface area contributed by atoms with Gasteiger partial charge in [-0.2, -0.15) is 0 Å². The first-order valence-corrected chi connectivity index (χ1v) is 4.94. The topological polar surface area (TPSA) is 95.6 Å². The lowest BCUT2D eigenvalue weighted by Gasteiger charge is -2.26. The number of nitrogens with zero attached hydrogens (tertiary/aromatic N) is 1. The van der Waals surface area contributed by atoms with Gasteiger partial charge in [-0.3, -0.25) is 4.79 Å². The third-order valence-electron chi connectivity index (χ3n) is 2.35.